The van der Waals surface area contributed by atoms with E-state index in [0.29, 0.717) is 23.7 Å². The van der Waals surface area contributed by atoms with Crippen molar-refractivity contribution in [3.63, 3.8) is 0 Å². The van der Waals surface area contributed by atoms with Crippen LogP contribution in [0.1, 0.15) is 23.2 Å². The molecule has 2 N–H and O–H groups in total. The van der Waals surface area contributed by atoms with Gasteiger partial charge in [-0.05, 0) is 55.7 Å². The summed E-state index contributed by atoms with van der Waals surface area (Å²) in [6.45, 7) is 3.88. The maximum Gasteiger partial charge on any atom is 0.261 e. The molecule has 1 amide bonds. The molecule has 9 nitrogen and oxygen atoms in total. The molecular weight excluding hydrogens is 466 g/mol. The predicted molar refractivity (Wildman–Crippen MR) is 135 cm³/mol. The minimum absolute atomic E-state index is 0.140. The van der Waals surface area contributed by atoms with Gasteiger partial charge in [0.15, 0.2) is 5.65 Å². The Hall–Kier alpha value is -3.92. The molecule has 4 rings (SSSR count). The Bertz CT molecular complexity index is 1500. The fraction of sp³-hybridized carbons (Fsp3) is 0.240. The number of para-hydroxylation sites is 2. The topological polar surface area (TPSA) is 115 Å². The number of hydrogen-bond donors (Lipinski definition) is 2. The average molecular weight is 494 g/mol. The van der Waals surface area contributed by atoms with Crippen molar-refractivity contribution in [3.8, 4) is 5.88 Å². The van der Waals surface area contributed by atoms with Gasteiger partial charge in [0, 0.05) is 19.2 Å². The number of amides is 1. The number of carbonyl (C=O) groups is 1. The number of rotatable bonds is 8. The normalized spacial score (nSPS) is 11.4. The Morgan fingerprint density at radius 3 is 2.37 bits per heavy atom. The number of carbonyl (C=O) groups excluding carboxylic acids is 1. The molecule has 0 spiro atoms. The summed E-state index contributed by atoms with van der Waals surface area (Å²) in [4.78, 5) is 17.6. The van der Waals surface area contributed by atoms with Crippen LogP contribution in [0.4, 0.5) is 11.4 Å². The first-order valence-electron chi connectivity index (χ1n) is 11.0. The van der Waals surface area contributed by atoms with Crippen LogP contribution in [-0.2, 0) is 28.3 Å². The summed E-state index contributed by atoms with van der Waals surface area (Å²) in [6, 6.07) is 14.8. The molecule has 0 atom stereocenters. The molecule has 2 heterocycles. The molecule has 0 bridgehead atoms. The van der Waals surface area contributed by atoms with E-state index in [1.807, 2.05) is 20.9 Å². The van der Waals surface area contributed by atoms with Gasteiger partial charge in [-0.1, -0.05) is 30.3 Å². The number of pyridine rings is 1. The Morgan fingerprint density at radius 2 is 1.69 bits per heavy atom. The van der Waals surface area contributed by atoms with E-state index in [4.69, 9.17) is 4.74 Å². The van der Waals surface area contributed by atoms with Crippen LogP contribution in [0, 0.1) is 13.8 Å². The number of aryl methyl sites for hydroxylation is 3. The van der Waals surface area contributed by atoms with E-state index in [1.54, 1.807) is 54.3 Å². The highest BCUT2D eigenvalue weighted by Gasteiger charge is 2.19. The second-order valence-electron chi connectivity index (χ2n) is 8.14. The zero-order valence-electron chi connectivity index (χ0n) is 20.0. The molecule has 0 saturated heterocycles. The van der Waals surface area contributed by atoms with Gasteiger partial charge >= 0.3 is 0 Å². The Kier molecular flexibility index (Phi) is 6.74. The van der Waals surface area contributed by atoms with Crippen molar-refractivity contribution >= 4 is 38.3 Å². The summed E-state index contributed by atoms with van der Waals surface area (Å²) in [5, 5.41) is 8.02. The van der Waals surface area contributed by atoms with Crippen LogP contribution in [0.2, 0.25) is 0 Å². The SMILES string of the molecule is COc1nn(C)c2nc(C)c(CCC(=O)Nc3ccccc3NS(=O)(=O)c3ccccc3)c(C)c12. The first kappa shape index (κ1) is 24.2. The van der Waals surface area contributed by atoms with E-state index < -0.39 is 10.0 Å². The first-order valence-corrected chi connectivity index (χ1v) is 12.5. The van der Waals surface area contributed by atoms with E-state index in [9.17, 15) is 13.2 Å². The van der Waals surface area contributed by atoms with Crippen molar-refractivity contribution in [1.29, 1.82) is 0 Å². The quantitative estimate of drug-likeness (QED) is 0.384. The number of ether oxygens (including phenoxy) is 1. The molecule has 182 valence electrons. The third kappa shape index (κ3) is 4.97. The van der Waals surface area contributed by atoms with Gasteiger partial charge in [-0.25, -0.2) is 18.1 Å². The van der Waals surface area contributed by atoms with Gasteiger partial charge in [0.2, 0.25) is 11.8 Å². The summed E-state index contributed by atoms with van der Waals surface area (Å²) in [5.41, 5.74) is 4.15. The van der Waals surface area contributed by atoms with E-state index in [0.717, 1.165) is 27.9 Å². The number of benzene rings is 2. The smallest absolute Gasteiger partial charge is 0.261 e. The van der Waals surface area contributed by atoms with Crippen LogP contribution in [-0.4, -0.2) is 36.2 Å². The molecule has 0 fully saturated rings. The lowest BCUT2D eigenvalue weighted by atomic mass is 10.00. The molecule has 0 saturated carbocycles. The van der Waals surface area contributed by atoms with Gasteiger partial charge in [0.05, 0.1) is 28.8 Å². The van der Waals surface area contributed by atoms with Crippen molar-refractivity contribution in [2.75, 3.05) is 17.1 Å². The fourth-order valence-electron chi connectivity index (χ4n) is 4.04. The minimum atomic E-state index is -3.79. The molecule has 0 aliphatic rings. The van der Waals surface area contributed by atoms with Crippen molar-refractivity contribution in [2.45, 2.75) is 31.6 Å². The molecular formula is C25H27N5O4S. The van der Waals surface area contributed by atoms with Crippen molar-refractivity contribution < 1.29 is 17.9 Å². The number of sulfonamides is 1. The van der Waals surface area contributed by atoms with Crippen LogP contribution in [0.5, 0.6) is 5.88 Å². The third-order valence-corrected chi connectivity index (χ3v) is 7.20. The number of aromatic nitrogens is 3. The van der Waals surface area contributed by atoms with Crippen LogP contribution >= 0.6 is 0 Å². The summed E-state index contributed by atoms with van der Waals surface area (Å²) >= 11 is 0. The zero-order valence-corrected chi connectivity index (χ0v) is 20.8. The van der Waals surface area contributed by atoms with Crippen LogP contribution in [0.25, 0.3) is 11.0 Å². The predicted octanol–water partition coefficient (Wildman–Crippen LogP) is 3.97. The lowest BCUT2D eigenvalue weighted by Gasteiger charge is -2.14. The lowest BCUT2D eigenvalue weighted by molar-refractivity contribution is -0.116. The second-order valence-corrected chi connectivity index (χ2v) is 9.83. The Balaban J connectivity index is 1.51. The molecule has 0 radical (unpaired) electrons. The van der Waals surface area contributed by atoms with Gasteiger partial charge in [-0.2, -0.15) is 0 Å². The molecule has 0 unspecified atom stereocenters. The standard InChI is InChI=1S/C25H27N5O4S/c1-16-19(17(2)26-24-23(16)25(34-4)28-30(24)3)14-15-22(31)27-20-12-8-9-13-21(20)29-35(32,33)18-10-6-5-7-11-18/h5-13,29H,14-15H2,1-4H3,(H,27,31). The van der Waals surface area contributed by atoms with Crippen molar-refractivity contribution in [1.82, 2.24) is 14.8 Å². The van der Waals surface area contributed by atoms with E-state index in [-0.39, 0.29) is 17.2 Å². The van der Waals surface area contributed by atoms with Crippen molar-refractivity contribution in [3.05, 3.63) is 71.4 Å². The van der Waals surface area contributed by atoms with E-state index >= 15 is 0 Å². The lowest BCUT2D eigenvalue weighted by Crippen LogP contribution is -2.17. The molecule has 2 aromatic carbocycles. The second kappa shape index (κ2) is 9.75. The number of anilines is 2. The van der Waals surface area contributed by atoms with Crippen molar-refractivity contribution in [2.24, 2.45) is 7.05 Å². The van der Waals surface area contributed by atoms with Crippen LogP contribution in [0.3, 0.4) is 0 Å². The largest absolute Gasteiger partial charge is 0.479 e. The molecule has 0 aliphatic carbocycles. The number of fused-ring (bicyclic) bond motifs is 1. The monoisotopic (exact) mass is 493 g/mol. The molecule has 0 aliphatic heterocycles. The molecule has 10 heteroatoms. The number of nitrogens with zero attached hydrogens (tertiary/aromatic N) is 3. The van der Waals surface area contributed by atoms with Gasteiger partial charge in [0.25, 0.3) is 10.0 Å². The molecule has 4 aromatic rings. The average Bonchev–Trinajstić information content (AvgIpc) is 3.16. The zero-order chi connectivity index (χ0) is 25.2. The summed E-state index contributed by atoms with van der Waals surface area (Å²) in [6.07, 6.45) is 0.652. The van der Waals surface area contributed by atoms with E-state index in [2.05, 4.69) is 20.1 Å². The maximum absolute atomic E-state index is 12.8. The van der Waals surface area contributed by atoms with Gasteiger partial charge in [-0.15, -0.1) is 5.10 Å². The fourth-order valence-corrected chi connectivity index (χ4v) is 5.14. The van der Waals surface area contributed by atoms with Crippen LogP contribution in [0.15, 0.2) is 59.5 Å². The highest BCUT2D eigenvalue weighted by molar-refractivity contribution is 7.92. The summed E-state index contributed by atoms with van der Waals surface area (Å²) < 4.78 is 35.1. The number of hydrogen-bond acceptors (Lipinski definition) is 6. The van der Waals surface area contributed by atoms with Gasteiger partial charge < -0.3 is 10.1 Å². The Morgan fingerprint density at radius 1 is 1.03 bits per heavy atom. The third-order valence-electron chi connectivity index (χ3n) is 5.82. The number of methoxy groups -OCH3 is 1. The first-order chi connectivity index (χ1) is 16.7. The summed E-state index contributed by atoms with van der Waals surface area (Å²) in [5.74, 6) is 0.256. The number of nitrogens with one attached hydrogen (secondary N) is 2. The Labute approximate surface area is 204 Å². The van der Waals surface area contributed by atoms with Gasteiger partial charge in [0.1, 0.15) is 0 Å². The highest BCUT2D eigenvalue weighted by atomic mass is 32.2. The summed E-state index contributed by atoms with van der Waals surface area (Å²) in [7, 11) is -0.413. The molecule has 35 heavy (non-hydrogen) atoms. The highest BCUT2D eigenvalue weighted by Crippen LogP contribution is 2.31. The van der Waals surface area contributed by atoms with Crippen LogP contribution < -0.4 is 14.8 Å². The maximum atomic E-state index is 12.8. The molecule has 2 aromatic heterocycles. The minimum Gasteiger partial charge on any atom is -0.479 e. The van der Waals surface area contributed by atoms with Gasteiger partial charge in [-0.3, -0.25) is 9.52 Å². The van der Waals surface area contributed by atoms with E-state index in [1.165, 1.54) is 12.1 Å².